The number of carbonyl (C=O) groups is 1. The first-order valence-corrected chi connectivity index (χ1v) is 8.48. The van der Waals surface area contributed by atoms with Crippen molar-refractivity contribution in [2.24, 2.45) is 0 Å². The average Bonchev–Trinajstić information content (AvgIpc) is 2.98. The van der Waals surface area contributed by atoms with Gasteiger partial charge in [0.25, 0.3) is 0 Å². The molecule has 134 valence electrons. The Hall–Kier alpha value is -2.64. The van der Waals surface area contributed by atoms with Gasteiger partial charge >= 0.3 is 0 Å². The fourth-order valence-electron chi connectivity index (χ4n) is 2.92. The predicted molar refractivity (Wildman–Crippen MR) is 93.8 cm³/mol. The lowest BCUT2D eigenvalue weighted by Gasteiger charge is -2.34. The minimum Gasteiger partial charge on any atom is -0.481 e. The number of piperazine rings is 1. The fraction of sp³-hybridized carbons (Fsp3) is 0.529. The molecule has 1 fully saturated rings. The summed E-state index contributed by atoms with van der Waals surface area (Å²) in [4.78, 5) is 25.1. The zero-order valence-electron chi connectivity index (χ0n) is 14.9. The Labute approximate surface area is 147 Å². The van der Waals surface area contributed by atoms with E-state index in [1.807, 2.05) is 18.7 Å². The topological polar surface area (TPSA) is 87.2 Å². The maximum atomic E-state index is 12.5. The van der Waals surface area contributed by atoms with Gasteiger partial charge in [-0.15, -0.1) is 0 Å². The summed E-state index contributed by atoms with van der Waals surface area (Å²) < 4.78 is 5.14. The minimum atomic E-state index is 0.172. The molecule has 2 aromatic rings. The highest BCUT2D eigenvalue weighted by molar-refractivity contribution is 5.76. The van der Waals surface area contributed by atoms with E-state index in [4.69, 9.17) is 4.74 Å². The number of aryl methyl sites for hydroxylation is 2. The van der Waals surface area contributed by atoms with Crippen LogP contribution in [-0.2, 0) is 11.2 Å². The molecule has 0 atom stereocenters. The highest BCUT2D eigenvalue weighted by atomic mass is 16.5. The molecule has 3 rings (SSSR count). The zero-order valence-corrected chi connectivity index (χ0v) is 14.9. The van der Waals surface area contributed by atoms with Crippen LogP contribution in [-0.4, -0.2) is 64.3 Å². The highest BCUT2D eigenvalue weighted by Gasteiger charge is 2.23. The van der Waals surface area contributed by atoms with Gasteiger partial charge in [0.05, 0.1) is 12.8 Å². The van der Waals surface area contributed by atoms with Crippen LogP contribution in [0.25, 0.3) is 0 Å². The SMILES string of the molecule is COc1ccnc(N2CCN(C(=O)CCc3n[nH]c(C)c3C)CC2)n1. The number of H-pyrrole nitrogens is 1. The summed E-state index contributed by atoms with van der Waals surface area (Å²) in [5.41, 5.74) is 3.19. The third-order valence-electron chi connectivity index (χ3n) is 4.67. The van der Waals surface area contributed by atoms with Crippen molar-refractivity contribution in [1.29, 1.82) is 0 Å². The van der Waals surface area contributed by atoms with Crippen LogP contribution >= 0.6 is 0 Å². The quantitative estimate of drug-likeness (QED) is 0.874. The number of anilines is 1. The molecule has 8 nitrogen and oxygen atoms in total. The van der Waals surface area contributed by atoms with Crippen LogP contribution in [0.5, 0.6) is 5.88 Å². The van der Waals surface area contributed by atoms with E-state index in [0.29, 0.717) is 37.8 Å². The van der Waals surface area contributed by atoms with E-state index in [2.05, 4.69) is 25.1 Å². The monoisotopic (exact) mass is 344 g/mol. The fourth-order valence-corrected chi connectivity index (χ4v) is 2.92. The number of ether oxygens (including phenoxy) is 1. The molecule has 8 heteroatoms. The number of aromatic nitrogens is 4. The second-order valence-electron chi connectivity index (χ2n) is 6.19. The van der Waals surface area contributed by atoms with Crippen LogP contribution in [0.2, 0.25) is 0 Å². The number of hydrogen-bond acceptors (Lipinski definition) is 6. The van der Waals surface area contributed by atoms with Crippen LogP contribution in [0.15, 0.2) is 12.3 Å². The lowest BCUT2D eigenvalue weighted by Crippen LogP contribution is -2.49. The first-order chi connectivity index (χ1) is 12.1. The first kappa shape index (κ1) is 17.2. The van der Waals surface area contributed by atoms with Crippen molar-refractivity contribution >= 4 is 11.9 Å². The Bertz CT molecular complexity index is 736. The molecular formula is C17H24N6O2. The second kappa shape index (κ2) is 7.50. The number of aromatic amines is 1. The van der Waals surface area contributed by atoms with Crippen molar-refractivity contribution in [3.05, 3.63) is 29.2 Å². The van der Waals surface area contributed by atoms with Crippen molar-refractivity contribution in [2.45, 2.75) is 26.7 Å². The molecule has 1 N–H and O–H groups in total. The Morgan fingerprint density at radius 3 is 2.68 bits per heavy atom. The number of nitrogens with one attached hydrogen (secondary N) is 1. The molecule has 0 spiro atoms. The largest absolute Gasteiger partial charge is 0.481 e. The lowest BCUT2D eigenvalue weighted by atomic mass is 10.1. The minimum absolute atomic E-state index is 0.172. The highest BCUT2D eigenvalue weighted by Crippen LogP contribution is 2.16. The van der Waals surface area contributed by atoms with Gasteiger partial charge in [0.1, 0.15) is 0 Å². The smallest absolute Gasteiger partial charge is 0.228 e. The first-order valence-electron chi connectivity index (χ1n) is 8.48. The van der Waals surface area contributed by atoms with Crippen molar-refractivity contribution in [1.82, 2.24) is 25.1 Å². The molecule has 1 saturated heterocycles. The average molecular weight is 344 g/mol. The van der Waals surface area contributed by atoms with E-state index in [-0.39, 0.29) is 5.91 Å². The number of hydrogen-bond donors (Lipinski definition) is 1. The molecule has 1 aliphatic heterocycles. The Balaban J connectivity index is 1.51. The second-order valence-corrected chi connectivity index (χ2v) is 6.19. The van der Waals surface area contributed by atoms with Gasteiger partial charge in [-0.2, -0.15) is 10.1 Å². The van der Waals surface area contributed by atoms with E-state index in [0.717, 1.165) is 30.0 Å². The summed E-state index contributed by atoms with van der Waals surface area (Å²) in [7, 11) is 1.59. The van der Waals surface area contributed by atoms with Gasteiger partial charge in [-0.1, -0.05) is 0 Å². The standard InChI is InChI=1S/C17H24N6O2/c1-12-13(2)20-21-14(12)4-5-16(24)22-8-10-23(11-9-22)17-18-7-6-15(19-17)25-3/h6-7H,4-5,8-11H2,1-3H3,(H,20,21). The van der Waals surface area contributed by atoms with E-state index in [1.54, 1.807) is 19.4 Å². The number of nitrogens with zero attached hydrogens (tertiary/aromatic N) is 5. The number of methoxy groups -OCH3 is 1. The third kappa shape index (κ3) is 3.89. The molecule has 0 unspecified atom stereocenters. The van der Waals surface area contributed by atoms with Crippen LogP contribution in [0.3, 0.4) is 0 Å². The van der Waals surface area contributed by atoms with Crippen molar-refractivity contribution in [3.8, 4) is 5.88 Å². The maximum Gasteiger partial charge on any atom is 0.228 e. The molecule has 2 aromatic heterocycles. The molecule has 0 aliphatic carbocycles. The van der Waals surface area contributed by atoms with E-state index in [1.165, 1.54) is 0 Å². The van der Waals surface area contributed by atoms with Gasteiger partial charge in [0, 0.05) is 57.0 Å². The Morgan fingerprint density at radius 1 is 1.28 bits per heavy atom. The van der Waals surface area contributed by atoms with Gasteiger partial charge in [-0.25, -0.2) is 4.98 Å². The van der Waals surface area contributed by atoms with Crippen molar-refractivity contribution in [3.63, 3.8) is 0 Å². The summed E-state index contributed by atoms with van der Waals surface area (Å²) >= 11 is 0. The molecule has 1 aliphatic rings. The van der Waals surface area contributed by atoms with E-state index in [9.17, 15) is 4.79 Å². The van der Waals surface area contributed by atoms with Gasteiger partial charge < -0.3 is 14.5 Å². The summed E-state index contributed by atoms with van der Waals surface area (Å²) in [5.74, 6) is 1.37. The summed E-state index contributed by atoms with van der Waals surface area (Å²) in [5, 5.41) is 7.24. The Morgan fingerprint density at radius 2 is 2.04 bits per heavy atom. The van der Waals surface area contributed by atoms with Crippen LogP contribution in [0.4, 0.5) is 5.95 Å². The maximum absolute atomic E-state index is 12.5. The van der Waals surface area contributed by atoms with Crippen molar-refractivity contribution < 1.29 is 9.53 Å². The van der Waals surface area contributed by atoms with Gasteiger partial charge in [-0.05, 0) is 19.4 Å². The zero-order chi connectivity index (χ0) is 17.8. The molecule has 0 aromatic carbocycles. The van der Waals surface area contributed by atoms with E-state index >= 15 is 0 Å². The third-order valence-corrected chi connectivity index (χ3v) is 4.67. The van der Waals surface area contributed by atoms with Crippen LogP contribution < -0.4 is 9.64 Å². The molecule has 3 heterocycles. The van der Waals surface area contributed by atoms with Crippen LogP contribution in [0.1, 0.15) is 23.4 Å². The number of rotatable bonds is 5. The molecule has 0 radical (unpaired) electrons. The van der Waals surface area contributed by atoms with Gasteiger partial charge in [0.2, 0.25) is 17.7 Å². The normalized spacial score (nSPS) is 14.7. The van der Waals surface area contributed by atoms with Crippen molar-refractivity contribution in [2.75, 3.05) is 38.2 Å². The van der Waals surface area contributed by atoms with E-state index < -0.39 is 0 Å². The summed E-state index contributed by atoms with van der Waals surface area (Å²) in [6, 6.07) is 1.72. The predicted octanol–water partition coefficient (Wildman–Crippen LogP) is 1.11. The Kier molecular flexibility index (Phi) is 5.16. The van der Waals surface area contributed by atoms with Gasteiger partial charge in [0.15, 0.2) is 0 Å². The summed E-state index contributed by atoms with van der Waals surface area (Å²) in [6.07, 6.45) is 2.85. The molecule has 25 heavy (non-hydrogen) atoms. The molecule has 0 saturated carbocycles. The lowest BCUT2D eigenvalue weighted by molar-refractivity contribution is -0.131. The summed E-state index contributed by atoms with van der Waals surface area (Å²) in [6.45, 7) is 6.83. The van der Waals surface area contributed by atoms with Gasteiger partial charge in [-0.3, -0.25) is 9.89 Å². The molecule has 1 amide bonds. The number of carbonyl (C=O) groups excluding carboxylic acids is 1. The molecule has 0 bridgehead atoms. The number of amides is 1. The van der Waals surface area contributed by atoms with Crippen LogP contribution in [0, 0.1) is 13.8 Å². The molecular weight excluding hydrogens is 320 g/mol.